The molecule has 2 aromatic rings. The average Bonchev–Trinajstić information content (AvgIpc) is 2.32. The number of rotatable bonds is 3. The minimum Gasteiger partial charge on any atom is -0.321 e. The third kappa shape index (κ3) is 3.19. The highest BCUT2D eigenvalue weighted by Gasteiger charge is 2.24. The normalized spacial score (nSPS) is 14.2. The van der Waals surface area contributed by atoms with Gasteiger partial charge in [-0.25, -0.2) is 0 Å². The number of hydrogen-bond acceptors (Lipinski definition) is 2. The first-order chi connectivity index (χ1) is 8.49. The number of halogens is 2. The van der Waals surface area contributed by atoms with Crippen molar-refractivity contribution in [1.29, 1.82) is 0 Å². The van der Waals surface area contributed by atoms with Crippen LogP contribution in [-0.2, 0) is 12.0 Å². The zero-order valence-corrected chi connectivity index (χ0v) is 13.2. The predicted octanol–water partition coefficient (Wildman–Crippen LogP) is 4.02. The highest BCUT2D eigenvalue weighted by atomic mass is 79.9. The van der Waals surface area contributed by atoms with E-state index in [0.717, 1.165) is 20.2 Å². The van der Waals surface area contributed by atoms with Crippen molar-refractivity contribution in [2.24, 2.45) is 5.73 Å². The Balaban J connectivity index is 2.27. The molecular formula is C14H14Br2N2. The lowest BCUT2D eigenvalue weighted by Gasteiger charge is -2.26. The molecule has 18 heavy (non-hydrogen) atoms. The summed E-state index contributed by atoms with van der Waals surface area (Å²) in [5.74, 6) is 0. The molecule has 0 bridgehead atoms. The molecule has 2 N–H and O–H groups in total. The molecule has 94 valence electrons. The molecule has 0 fully saturated rings. The molecule has 0 spiro atoms. The van der Waals surface area contributed by atoms with Crippen molar-refractivity contribution in [2.45, 2.75) is 18.9 Å². The van der Waals surface area contributed by atoms with E-state index in [9.17, 15) is 0 Å². The Labute approximate surface area is 124 Å². The van der Waals surface area contributed by atoms with Crippen LogP contribution < -0.4 is 5.73 Å². The summed E-state index contributed by atoms with van der Waals surface area (Å²) in [6.45, 7) is 2.02. The molecule has 1 atom stereocenters. The third-order valence-corrected chi connectivity index (χ3v) is 3.99. The summed E-state index contributed by atoms with van der Waals surface area (Å²) in [6, 6.07) is 12.0. The quantitative estimate of drug-likeness (QED) is 0.887. The second-order valence-corrected chi connectivity index (χ2v) is 6.31. The molecule has 0 saturated carbocycles. The van der Waals surface area contributed by atoms with E-state index in [1.165, 1.54) is 0 Å². The summed E-state index contributed by atoms with van der Waals surface area (Å²) in [4.78, 5) is 4.38. The first kappa shape index (κ1) is 13.7. The lowest BCUT2D eigenvalue weighted by atomic mass is 9.88. The van der Waals surface area contributed by atoms with E-state index < -0.39 is 5.54 Å². The van der Waals surface area contributed by atoms with Gasteiger partial charge < -0.3 is 5.73 Å². The Morgan fingerprint density at radius 2 is 1.89 bits per heavy atom. The molecule has 0 radical (unpaired) electrons. The van der Waals surface area contributed by atoms with E-state index >= 15 is 0 Å². The molecular weight excluding hydrogens is 356 g/mol. The summed E-state index contributed by atoms with van der Waals surface area (Å²) in [5, 5.41) is 0. The van der Waals surface area contributed by atoms with Gasteiger partial charge in [0.15, 0.2) is 0 Å². The highest BCUT2D eigenvalue weighted by molar-refractivity contribution is 9.10. The highest BCUT2D eigenvalue weighted by Crippen LogP contribution is 2.28. The van der Waals surface area contributed by atoms with Gasteiger partial charge in [-0.05, 0) is 46.6 Å². The molecule has 0 amide bonds. The van der Waals surface area contributed by atoms with Gasteiger partial charge in [-0.2, -0.15) is 0 Å². The average molecular weight is 370 g/mol. The number of nitrogens with two attached hydrogens (primary N) is 1. The van der Waals surface area contributed by atoms with Crippen molar-refractivity contribution >= 4 is 31.9 Å². The minimum absolute atomic E-state index is 0.444. The largest absolute Gasteiger partial charge is 0.321 e. The van der Waals surface area contributed by atoms with Crippen molar-refractivity contribution in [3.63, 3.8) is 0 Å². The molecule has 0 aliphatic rings. The Morgan fingerprint density at radius 1 is 1.17 bits per heavy atom. The van der Waals surface area contributed by atoms with E-state index in [4.69, 9.17) is 5.73 Å². The molecule has 2 nitrogen and oxygen atoms in total. The van der Waals surface area contributed by atoms with Gasteiger partial charge in [-0.15, -0.1) is 0 Å². The van der Waals surface area contributed by atoms with Gasteiger partial charge in [0, 0.05) is 32.8 Å². The van der Waals surface area contributed by atoms with Gasteiger partial charge >= 0.3 is 0 Å². The van der Waals surface area contributed by atoms with Crippen LogP contribution in [0.15, 0.2) is 51.5 Å². The fraction of sp³-hybridized carbons (Fsp3) is 0.214. The SMILES string of the molecule is CC(N)(Cc1ccc(Br)cn1)c1ccccc1Br. The maximum absolute atomic E-state index is 6.43. The zero-order chi connectivity index (χ0) is 13.2. The van der Waals surface area contributed by atoms with Crippen molar-refractivity contribution in [1.82, 2.24) is 4.98 Å². The lowest BCUT2D eigenvalue weighted by molar-refractivity contribution is 0.483. The van der Waals surface area contributed by atoms with Crippen LogP contribution in [0, 0.1) is 0 Å². The molecule has 1 aromatic carbocycles. The van der Waals surface area contributed by atoms with Crippen LogP contribution in [0.25, 0.3) is 0 Å². The summed E-state index contributed by atoms with van der Waals surface area (Å²) in [6.07, 6.45) is 2.49. The van der Waals surface area contributed by atoms with Crippen LogP contribution >= 0.6 is 31.9 Å². The standard InChI is InChI=1S/C14H14Br2N2/c1-14(17,12-4-2-3-5-13(12)16)8-11-7-6-10(15)9-18-11/h2-7,9H,8,17H2,1H3. The third-order valence-electron chi connectivity index (χ3n) is 2.83. The molecule has 1 heterocycles. The van der Waals surface area contributed by atoms with Crippen LogP contribution in [0.3, 0.4) is 0 Å². The number of nitrogens with zero attached hydrogens (tertiary/aromatic N) is 1. The van der Waals surface area contributed by atoms with Gasteiger partial charge in [0.1, 0.15) is 0 Å². The zero-order valence-electron chi connectivity index (χ0n) is 10.0. The second-order valence-electron chi connectivity index (χ2n) is 4.54. The van der Waals surface area contributed by atoms with E-state index in [0.29, 0.717) is 6.42 Å². The number of aromatic nitrogens is 1. The molecule has 4 heteroatoms. The van der Waals surface area contributed by atoms with Crippen molar-refractivity contribution in [3.8, 4) is 0 Å². The Bertz CT molecular complexity index is 536. The lowest BCUT2D eigenvalue weighted by Crippen LogP contribution is -2.36. The number of hydrogen-bond donors (Lipinski definition) is 1. The molecule has 2 rings (SSSR count). The van der Waals surface area contributed by atoms with E-state index in [2.05, 4.69) is 36.8 Å². The number of benzene rings is 1. The molecule has 1 unspecified atom stereocenters. The van der Waals surface area contributed by atoms with Crippen molar-refractivity contribution < 1.29 is 0 Å². The summed E-state index contributed by atoms with van der Waals surface area (Å²) in [7, 11) is 0. The Morgan fingerprint density at radius 3 is 2.50 bits per heavy atom. The van der Waals surface area contributed by atoms with Crippen LogP contribution in [0.2, 0.25) is 0 Å². The fourth-order valence-electron chi connectivity index (χ4n) is 1.91. The van der Waals surface area contributed by atoms with Gasteiger partial charge in [-0.3, -0.25) is 4.98 Å². The molecule has 0 aliphatic carbocycles. The van der Waals surface area contributed by atoms with Crippen molar-refractivity contribution in [2.75, 3.05) is 0 Å². The second kappa shape index (κ2) is 5.51. The Kier molecular flexibility index (Phi) is 4.20. The first-order valence-corrected chi connectivity index (χ1v) is 7.22. The van der Waals surface area contributed by atoms with Gasteiger partial charge in [0.25, 0.3) is 0 Å². The van der Waals surface area contributed by atoms with Gasteiger partial charge in [0.2, 0.25) is 0 Å². The smallest absolute Gasteiger partial charge is 0.0448 e. The molecule has 0 saturated heterocycles. The van der Waals surface area contributed by atoms with Crippen LogP contribution in [0.4, 0.5) is 0 Å². The van der Waals surface area contributed by atoms with Crippen LogP contribution in [0.5, 0.6) is 0 Å². The summed E-state index contributed by atoms with van der Waals surface area (Å²) in [5.41, 5.74) is 8.06. The monoisotopic (exact) mass is 368 g/mol. The van der Waals surface area contributed by atoms with Crippen LogP contribution in [0.1, 0.15) is 18.2 Å². The minimum atomic E-state index is -0.444. The van der Waals surface area contributed by atoms with Gasteiger partial charge in [-0.1, -0.05) is 34.1 Å². The van der Waals surface area contributed by atoms with E-state index in [1.807, 2.05) is 43.3 Å². The van der Waals surface area contributed by atoms with Crippen molar-refractivity contribution in [3.05, 3.63) is 62.8 Å². The van der Waals surface area contributed by atoms with Gasteiger partial charge in [0.05, 0.1) is 0 Å². The molecule has 0 aliphatic heterocycles. The van der Waals surface area contributed by atoms with E-state index in [-0.39, 0.29) is 0 Å². The molecule has 1 aromatic heterocycles. The fourth-order valence-corrected chi connectivity index (χ4v) is 2.88. The summed E-state index contributed by atoms with van der Waals surface area (Å²) < 4.78 is 2.01. The topological polar surface area (TPSA) is 38.9 Å². The van der Waals surface area contributed by atoms with Crippen LogP contribution in [-0.4, -0.2) is 4.98 Å². The summed E-state index contributed by atoms with van der Waals surface area (Å²) >= 11 is 6.93. The predicted molar refractivity (Wildman–Crippen MR) is 81.3 cm³/mol. The maximum atomic E-state index is 6.43. The van der Waals surface area contributed by atoms with E-state index in [1.54, 1.807) is 6.20 Å². The number of pyridine rings is 1. The maximum Gasteiger partial charge on any atom is 0.0448 e. The first-order valence-electron chi connectivity index (χ1n) is 5.63. The Hall–Kier alpha value is -0.710.